The van der Waals surface area contributed by atoms with Crippen LogP contribution in [-0.2, 0) is 0 Å². The second-order valence-corrected chi connectivity index (χ2v) is 5.84. The van der Waals surface area contributed by atoms with Crippen molar-refractivity contribution in [2.45, 2.75) is 6.92 Å². The Morgan fingerprint density at radius 1 is 1.19 bits per heavy atom. The van der Waals surface area contributed by atoms with Crippen molar-refractivity contribution in [3.8, 4) is 11.5 Å². The predicted molar refractivity (Wildman–Crippen MR) is 98.2 cm³/mol. The molecule has 0 aliphatic heterocycles. The van der Waals surface area contributed by atoms with Crippen molar-refractivity contribution in [2.24, 2.45) is 0 Å². The molecule has 0 unspecified atom stereocenters. The molecule has 26 heavy (non-hydrogen) atoms. The monoisotopic (exact) mass is 378 g/mol. The van der Waals surface area contributed by atoms with E-state index in [0.29, 0.717) is 23.9 Å². The van der Waals surface area contributed by atoms with Crippen molar-refractivity contribution < 1.29 is 19.2 Å². The summed E-state index contributed by atoms with van der Waals surface area (Å²) in [4.78, 5) is 24.5. The average molecular weight is 379 g/mol. The van der Waals surface area contributed by atoms with E-state index < -0.39 is 4.92 Å². The predicted octanol–water partition coefficient (Wildman–Crippen LogP) is 3.80. The van der Waals surface area contributed by atoms with E-state index >= 15 is 0 Å². The van der Waals surface area contributed by atoms with Gasteiger partial charge in [0.1, 0.15) is 12.4 Å². The van der Waals surface area contributed by atoms with Crippen molar-refractivity contribution in [1.29, 1.82) is 0 Å². The topological polar surface area (TPSA) is 81.9 Å². The lowest BCUT2D eigenvalue weighted by atomic mass is 10.1. The van der Waals surface area contributed by atoms with E-state index in [2.05, 4.69) is 0 Å². The van der Waals surface area contributed by atoms with Gasteiger partial charge in [0.05, 0.1) is 18.1 Å². The van der Waals surface area contributed by atoms with Crippen LogP contribution in [-0.4, -0.2) is 42.5 Å². The van der Waals surface area contributed by atoms with E-state index in [1.54, 1.807) is 38.2 Å². The first-order chi connectivity index (χ1) is 12.4. The zero-order valence-electron chi connectivity index (χ0n) is 14.5. The molecule has 8 heteroatoms. The Bertz CT molecular complexity index is 780. The van der Waals surface area contributed by atoms with Crippen molar-refractivity contribution >= 4 is 23.2 Å². The molecule has 7 nitrogen and oxygen atoms in total. The maximum Gasteiger partial charge on any atom is 0.311 e. The SMILES string of the molecule is CCOc1ccc(C(=O)N(C)CCOc2ccc(Cl)cc2)cc1[N+](=O)[O-]. The lowest BCUT2D eigenvalue weighted by Gasteiger charge is -2.18. The smallest absolute Gasteiger partial charge is 0.311 e. The molecular formula is C18H19ClN2O5. The summed E-state index contributed by atoms with van der Waals surface area (Å²) in [6, 6.07) is 11.1. The molecule has 0 radical (unpaired) electrons. The van der Waals surface area contributed by atoms with Crippen LogP contribution in [0.1, 0.15) is 17.3 Å². The van der Waals surface area contributed by atoms with Gasteiger partial charge < -0.3 is 14.4 Å². The first-order valence-electron chi connectivity index (χ1n) is 7.97. The molecule has 2 aromatic rings. The Kier molecular flexibility index (Phi) is 6.80. The standard InChI is InChI=1S/C18H19ClN2O5/c1-3-25-17-9-4-13(12-16(17)21(23)24)18(22)20(2)10-11-26-15-7-5-14(19)6-8-15/h4-9,12H,3,10-11H2,1-2H3. The first-order valence-corrected chi connectivity index (χ1v) is 8.35. The van der Waals surface area contributed by atoms with Gasteiger partial charge in [-0.2, -0.15) is 0 Å². The molecule has 0 fully saturated rings. The van der Waals surface area contributed by atoms with Gasteiger partial charge in [-0.25, -0.2) is 0 Å². The molecule has 2 aromatic carbocycles. The summed E-state index contributed by atoms with van der Waals surface area (Å²) >= 11 is 5.81. The van der Waals surface area contributed by atoms with Gasteiger partial charge in [0.15, 0.2) is 5.75 Å². The Morgan fingerprint density at radius 3 is 2.50 bits per heavy atom. The highest BCUT2D eigenvalue weighted by Gasteiger charge is 2.20. The molecule has 0 aliphatic carbocycles. The van der Waals surface area contributed by atoms with Gasteiger partial charge in [-0.15, -0.1) is 0 Å². The number of likely N-dealkylation sites (N-methyl/N-ethyl adjacent to an activating group) is 1. The minimum Gasteiger partial charge on any atom is -0.492 e. The summed E-state index contributed by atoms with van der Waals surface area (Å²) < 4.78 is 10.8. The van der Waals surface area contributed by atoms with E-state index in [1.807, 2.05) is 0 Å². The average Bonchev–Trinajstić information content (AvgIpc) is 2.63. The van der Waals surface area contributed by atoms with Gasteiger partial charge in [-0.3, -0.25) is 14.9 Å². The Balaban J connectivity index is 1.99. The lowest BCUT2D eigenvalue weighted by molar-refractivity contribution is -0.385. The van der Waals surface area contributed by atoms with E-state index in [0.717, 1.165) is 0 Å². The number of carbonyl (C=O) groups excluding carboxylic acids is 1. The number of halogens is 1. The van der Waals surface area contributed by atoms with Gasteiger partial charge in [0, 0.05) is 23.7 Å². The normalized spacial score (nSPS) is 10.3. The summed E-state index contributed by atoms with van der Waals surface area (Å²) in [5, 5.41) is 11.8. The molecular weight excluding hydrogens is 360 g/mol. The highest BCUT2D eigenvalue weighted by Crippen LogP contribution is 2.28. The van der Waals surface area contributed by atoms with Crippen molar-refractivity contribution in [1.82, 2.24) is 4.90 Å². The molecule has 0 heterocycles. The van der Waals surface area contributed by atoms with Gasteiger partial charge >= 0.3 is 5.69 Å². The fourth-order valence-corrected chi connectivity index (χ4v) is 2.35. The molecule has 0 aliphatic rings. The third-order valence-corrected chi connectivity index (χ3v) is 3.81. The molecule has 0 saturated heterocycles. The highest BCUT2D eigenvalue weighted by molar-refractivity contribution is 6.30. The van der Waals surface area contributed by atoms with Gasteiger partial charge in [-0.05, 0) is 43.3 Å². The zero-order chi connectivity index (χ0) is 19.1. The second-order valence-electron chi connectivity index (χ2n) is 5.40. The maximum atomic E-state index is 12.5. The number of nitrogens with zero attached hydrogens (tertiary/aromatic N) is 2. The van der Waals surface area contributed by atoms with Crippen LogP contribution in [0.3, 0.4) is 0 Å². The number of amides is 1. The number of nitro groups is 1. The second kappa shape index (κ2) is 9.05. The number of carbonyl (C=O) groups is 1. The zero-order valence-corrected chi connectivity index (χ0v) is 15.2. The summed E-state index contributed by atoms with van der Waals surface area (Å²) in [7, 11) is 1.61. The Morgan fingerprint density at radius 2 is 1.88 bits per heavy atom. The fourth-order valence-electron chi connectivity index (χ4n) is 2.22. The van der Waals surface area contributed by atoms with Crippen molar-refractivity contribution in [3.05, 3.63) is 63.2 Å². The summed E-state index contributed by atoms with van der Waals surface area (Å²) in [5.74, 6) is 0.450. The highest BCUT2D eigenvalue weighted by atomic mass is 35.5. The van der Waals surface area contributed by atoms with Gasteiger partial charge in [0.25, 0.3) is 5.91 Å². The maximum absolute atomic E-state index is 12.5. The minimum atomic E-state index is -0.564. The number of hydrogen-bond donors (Lipinski definition) is 0. The largest absolute Gasteiger partial charge is 0.492 e. The first kappa shape index (κ1) is 19.5. The lowest BCUT2D eigenvalue weighted by Crippen LogP contribution is -2.30. The van der Waals surface area contributed by atoms with Crippen LogP contribution in [0, 0.1) is 10.1 Å². The number of rotatable bonds is 8. The third-order valence-electron chi connectivity index (χ3n) is 3.56. The van der Waals surface area contributed by atoms with Crippen LogP contribution in [0.15, 0.2) is 42.5 Å². The molecule has 0 N–H and O–H groups in total. The number of nitro benzene ring substituents is 1. The number of hydrogen-bond acceptors (Lipinski definition) is 5. The molecule has 2 rings (SSSR count). The molecule has 0 spiro atoms. The van der Waals surface area contributed by atoms with Crippen molar-refractivity contribution in [3.63, 3.8) is 0 Å². The summed E-state index contributed by atoms with van der Waals surface area (Å²) in [6.45, 7) is 2.64. The Hall–Kier alpha value is -2.80. The van der Waals surface area contributed by atoms with Crippen LogP contribution in [0.25, 0.3) is 0 Å². The number of benzene rings is 2. The van der Waals surface area contributed by atoms with Crippen LogP contribution in [0.4, 0.5) is 5.69 Å². The summed E-state index contributed by atoms with van der Waals surface area (Å²) in [5.41, 5.74) is -0.0161. The minimum absolute atomic E-state index is 0.141. The van der Waals surface area contributed by atoms with Crippen LogP contribution >= 0.6 is 11.6 Å². The van der Waals surface area contributed by atoms with Crippen LogP contribution in [0.5, 0.6) is 11.5 Å². The van der Waals surface area contributed by atoms with Crippen molar-refractivity contribution in [2.75, 3.05) is 26.8 Å². The van der Waals surface area contributed by atoms with E-state index in [1.165, 1.54) is 23.1 Å². The summed E-state index contributed by atoms with van der Waals surface area (Å²) in [6.07, 6.45) is 0. The molecule has 1 amide bonds. The number of ether oxygens (including phenoxy) is 2. The molecule has 0 atom stereocenters. The molecule has 0 aromatic heterocycles. The van der Waals surface area contributed by atoms with E-state index in [-0.39, 0.29) is 29.5 Å². The quantitative estimate of drug-likeness (QED) is 0.515. The van der Waals surface area contributed by atoms with E-state index in [4.69, 9.17) is 21.1 Å². The molecule has 0 bridgehead atoms. The third kappa shape index (κ3) is 5.10. The fraction of sp³-hybridized carbons (Fsp3) is 0.278. The van der Waals surface area contributed by atoms with Gasteiger partial charge in [0.2, 0.25) is 0 Å². The Labute approximate surface area is 156 Å². The molecule has 0 saturated carbocycles. The van der Waals surface area contributed by atoms with Crippen LogP contribution in [0.2, 0.25) is 5.02 Å². The molecule has 138 valence electrons. The van der Waals surface area contributed by atoms with Gasteiger partial charge in [-0.1, -0.05) is 11.6 Å². The van der Waals surface area contributed by atoms with E-state index in [9.17, 15) is 14.9 Å². The van der Waals surface area contributed by atoms with Crippen LogP contribution < -0.4 is 9.47 Å².